The zero-order valence-corrected chi connectivity index (χ0v) is 34.0. The van der Waals surface area contributed by atoms with Crippen molar-refractivity contribution in [1.29, 1.82) is 0 Å². The molecule has 0 radical (unpaired) electrons. The van der Waals surface area contributed by atoms with E-state index >= 15 is 8.78 Å². The van der Waals surface area contributed by atoms with Gasteiger partial charge in [0.25, 0.3) is 5.91 Å². The Kier molecular flexibility index (Phi) is 11.8. The number of benzene rings is 3. The van der Waals surface area contributed by atoms with Crippen LogP contribution in [0.25, 0.3) is 0 Å². The lowest BCUT2D eigenvalue weighted by Gasteiger charge is -2.54. The molecule has 3 atom stereocenters. The first-order chi connectivity index (χ1) is 28.0. The highest BCUT2D eigenvalue weighted by atomic mass is 32.2. The molecule has 4 saturated heterocycles. The second-order valence-corrected chi connectivity index (χ2v) is 19.1. The van der Waals surface area contributed by atoms with Crippen molar-refractivity contribution in [2.24, 2.45) is 17.8 Å². The third kappa shape index (κ3) is 8.35. The van der Waals surface area contributed by atoms with E-state index in [0.717, 1.165) is 82.5 Å². The van der Waals surface area contributed by atoms with E-state index in [1.807, 2.05) is 4.90 Å². The minimum Gasteiger partial charge on any atom is -0.453 e. The van der Waals surface area contributed by atoms with Gasteiger partial charge in [0.05, 0.1) is 43.2 Å². The number of nitrogens with one attached hydrogen (secondary N) is 2. The fourth-order valence-corrected chi connectivity index (χ4v) is 11.4. The van der Waals surface area contributed by atoms with E-state index in [2.05, 4.69) is 26.5 Å². The zero-order chi connectivity index (χ0) is 40.5. The number of sulfone groups is 1. The van der Waals surface area contributed by atoms with Crippen molar-refractivity contribution in [3.63, 3.8) is 0 Å². The number of amides is 2. The van der Waals surface area contributed by atoms with Gasteiger partial charge in [0.1, 0.15) is 5.82 Å². The van der Waals surface area contributed by atoms with Crippen LogP contribution >= 0.6 is 0 Å². The molecular weight excluding hydrogens is 765 g/mol. The van der Waals surface area contributed by atoms with Crippen LogP contribution in [0.15, 0.2) is 82.6 Å². The standard InChI is InChI=1S/C44H55F2N5O6S/c1-56-42(53)48-40-8-3-7-39(40)44(30-49-19-4-20-49,34-5-2-6-35(45)23-34)33-17-21-50(22-18-33)27-43(46)28-51(29-43)36-11-15-38(16-12-36)58(54,55)37-13-9-32(10-14-37)41(52)47-24-31-25-57-26-31/h2,5-6,9-16,23,31,33,39-40H,3-4,7-8,17-22,24-30H2,1H3,(H,47,52)(H,48,53)/t39-,40-,44-/m0/s1. The average molecular weight is 820 g/mol. The smallest absolute Gasteiger partial charge is 0.407 e. The van der Waals surface area contributed by atoms with Crippen LogP contribution in [0.2, 0.25) is 0 Å². The Morgan fingerprint density at radius 1 is 0.897 bits per heavy atom. The van der Waals surface area contributed by atoms with E-state index in [9.17, 15) is 18.0 Å². The van der Waals surface area contributed by atoms with E-state index in [4.69, 9.17) is 9.47 Å². The molecule has 2 N–H and O–H groups in total. The van der Waals surface area contributed by atoms with Crippen molar-refractivity contribution in [1.82, 2.24) is 20.4 Å². The SMILES string of the molecule is COC(=O)N[C@H]1CCC[C@@H]1[C@](CN1CCC1)(c1cccc(F)c1)C1CCN(CC2(F)CN(c3ccc(S(=O)(=O)c4ccc(C(=O)NCC5COC5)cc4)cc3)C2)CC1. The Morgan fingerprint density at radius 2 is 1.59 bits per heavy atom. The van der Waals surface area contributed by atoms with E-state index in [-0.39, 0.29) is 57.9 Å². The van der Waals surface area contributed by atoms with Crippen LogP contribution in [-0.2, 0) is 24.7 Å². The van der Waals surface area contributed by atoms with E-state index < -0.39 is 21.6 Å². The summed E-state index contributed by atoms with van der Waals surface area (Å²) in [7, 11) is -2.44. The Balaban J connectivity index is 0.893. The first-order valence-electron chi connectivity index (χ1n) is 20.8. The summed E-state index contributed by atoms with van der Waals surface area (Å²) < 4.78 is 68.4. The number of alkyl carbamates (subject to hydrolysis) is 1. The fourth-order valence-electron chi connectivity index (χ4n) is 10.2. The number of alkyl halides is 1. The van der Waals surface area contributed by atoms with Gasteiger partial charge in [-0.3, -0.25) is 9.69 Å². The van der Waals surface area contributed by atoms with Gasteiger partial charge in [-0.05, 0) is 136 Å². The molecule has 0 spiro atoms. The molecule has 4 heterocycles. The number of hydrogen-bond acceptors (Lipinski definition) is 9. The molecule has 0 aromatic heterocycles. The van der Waals surface area contributed by atoms with Crippen molar-refractivity contribution < 1.29 is 36.3 Å². The number of rotatable bonds is 14. The van der Waals surface area contributed by atoms with Crippen molar-refractivity contribution in [2.75, 3.05) is 84.1 Å². The van der Waals surface area contributed by atoms with Crippen molar-refractivity contribution in [2.45, 2.75) is 65.4 Å². The number of nitrogens with zero attached hydrogens (tertiary/aromatic N) is 3. The lowest BCUT2D eigenvalue weighted by Crippen LogP contribution is -2.65. The molecule has 58 heavy (non-hydrogen) atoms. The predicted octanol–water partition coefficient (Wildman–Crippen LogP) is 5.44. The highest BCUT2D eigenvalue weighted by Crippen LogP contribution is 2.51. The summed E-state index contributed by atoms with van der Waals surface area (Å²) in [6, 6.07) is 19.5. The van der Waals surface area contributed by atoms with Crippen LogP contribution < -0.4 is 15.5 Å². The van der Waals surface area contributed by atoms with Crippen molar-refractivity contribution in [3.05, 3.63) is 89.7 Å². The lowest BCUT2D eigenvalue weighted by molar-refractivity contribution is -0.0298. The Hall–Kier alpha value is -4.11. The van der Waals surface area contributed by atoms with Gasteiger partial charge in [0.15, 0.2) is 5.67 Å². The molecule has 2 amide bonds. The van der Waals surface area contributed by atoms with Crippen LogP contribution in [0.4, 0.5) is 19.3 Å². The van der Waals surface area contributed by atoms with Gasteiger partial charge in [-0.2, -0.15) is 0 Å². The normalized spacial score (nSPS) is 23.9. The van der Waals surface area contributed by atoms with Gasteiger partial charge in [-0.25, -0.2) is 22.0 Å². The Bertz CT molecular complexity index is 2030. The minimum atomic E-state index is -3.82. The van der Waals surface area contributed by atoms with Crippen LogP contribution in [0.3, 0.4) is 0 Å². The van der Waals surface area contributed by atoms with Crippen LogP contribution in [0, 0.1) is 23.6 Å². The molecule has 11 nitrogen and oxygen atoms in total. The molecule has 3 aromatic carbocycles. The maximum absolute atomic E-state index is 16.3. The number of anilines is 1. The van der Waals surface area contributed by atoms with Gasteiger partial charge in [0.2, 0.25) is 9.84 Å². The molecule has 1 aliphatic carbocycles. The first-order valence-corrected chi connectivity index (χ1v) is 22.2. The van der Waals surface area contributed by atoms with Crippen LogP contribution in [-0.4, -0.2) is 121 Å². The molecule has 0 unspecified atom stereocenters. The molecule has 5 fully saturated rings. The number of carbonyl (C=O) groups excluding carboxylic acids is 2. The van der Waals surface area contributed by atoms with Crippen molar-refractivity contribution in [3.8, 4) is 0 Å². The van der Waals surface area contributed by atoms with Gasteiger partial charge in [0, 0.05) is 48.3 Å². The molecular formula is C44H55F2N5O6S. The summed E-state index contributed by atoms with van der Waals surface area (Å²) >= 11 is 0. The number of halogens is 2. The number of methoxy groups -OCH3 is 1. The summed E-state index contributed by atoms with van der Waals surface area (Å²) in [5.74, 6) is 0.119. The van der Waals surface area contributed by atoms with Gasteiger partial charge >= 0.3 is 6.09 Å². The van der Waals surface area contributed by atoms with Gasteiger partial charge < -0.3 is 29.9 Å². The number of ether oxygens (including phenoxy) is 2. The van der Waals surface area contributed by atoms with Gasteiger partial charge in [-0.15, -0.1) is 0 Å². The maximum Gasteiger partial charge on any atom is 0.407 e. The quantitative estimate of drug-likeness (QED) is 0.219. The Morgan fingerprint density at radius 3 is 2.19 bits per heavy atom. The third-order valence-electron chi connectivity index (χ3n) is 13.4. The molecule has 8 rings (SSSR count). The predicted molar refractivity (Wildman–Crippen MR) is 216 cm³/mol. The fraction of sp³-hybridized carbons (Fsp3) is 0.545. The van der Waals surface area contributed by atoms with E-state index in [0.29, 0.717) is 37.8 Å². The Labute approximate surface area is 340 Å². The topological polar surface area (TPSA) is 121 Å². The number of hydrogen-bond donors (Lipinski definition) is 2. The summed E-state index contributed by atoms with van der Waals surface area (Å²) in [6.07, 6.45) is 5.14. The molecule has 312 valence electrons. The van der Waals surface area contributed by atoms with Crippen LogP contribution in [0.5, 0.6) is 0 Å². The van der Waals surface area contributed by atoms with E-state index in [1.165, 1.54) is 37.4 Å². The van der Waals surface area contributed by atoms with Gasteiger partial charge in [-0.1, -0.05) is 18.6 Å². The molecule has 1 saturated carbocycles. The summed E-state index contributed by atoms with van der Waals surface area (Å²) in [5, 5.41) is 6.00. The summed E-state index contributed by atoms with van der Waals surface area (Å²) in [4.78, 5) is 31.8. The van der Waals surface area contributed by atoms with Crippen molar-refractivity contribution >= 4 is 27.5 Å². The zero-order valence-electron chi connectivity index (χ0n) is 33.2. The van der Waals surface area contributed by atoms with E-state index in [1.54, 1.807) is 36.4 Å². The highest BCUT2D eigenvalue weighted by Gasteiger charge is 2.54. The van der Waals surface area contributed by atoms with Crippen LogP contribution in [0.1, 0.15) is 54.4 Å². The first kappa shape index (κ1) is 40.7. The number of piperidine rings is 1. The molecule has 3 aromatic rings. The summed E-state index contributed by atoms with van der Waals surface area (Å²) in [5.41, 5.74) is 0.340. The molecule has 0 bridgehead atoms. The molecule has 14 heteroatoms. The highest BCUT2D eigenvalue weighted by molar-refractivity contribution is 7.91. The molecule has 5 aliphatic rings. The number of carbonyl (C=O) groups is 2. The minimum absolute atomic E-state index is 0.0805. The average Bonchev–Trinajstić information content (AvgIpc) is 3.64. The largest absolute Gasteiger partial charge is 0.453 e. The maximum atomic E-state index is 16.3. The second-order valence-electron chi connectivity index (χ2n) is 17.2. The summed E-state index contributed by atoms with van der Waals surface area (Å²) in [6.45, 7) is 6.76. The lowest BCUT2D eigenvalue weighted by atomic mass is 9.57. The third-order valence-corrected chi connectivity index (χ3v) is 15.2. The second kappa shape index (κ2) is 16.9. The monoisotopic (exact) mass is 819 g/mol. The number of likely N-dealkylation sites (tertiary alicyclic amines) is 2. The molecule has 4 aliphatic heterocycles.